The monoisotopic (exact) mass is 702 g/mol. The van der Waals surface area contributed by atoms with Gasteiger partial charge in [-0.2, -0.15) is 0 Å². The van der Waals surface area contributed by atoms with Crippen molar-refractivity contribution in [3.8, 4) is 17.0 Å². The van der Waals surface area contributed by atoms with Crippen molar-refractivity contribution in [3.05, 3.63) is 129 Å². The number of nitrogens with zero attached hydrogens (tertiary/aromatic N) is 1. The second-order valence-corrected chi connectivity index (χ2v) is 12.6. The second kappa shape index (κ2) is 16.3. The van der Waals surface area contributed by atoms with Gasteiger partial charge in [0, 0.05) is 32.1 Å². The molecule has 5 aromatic rings. The normalized spacial score (nSPS) is 11.1. The van der Waals surface area contributed by atoms with Crippen molar-refractivity contribution in [1.29, 1.82) is 0 Å². The van der Waals surface area contributed by atoms with Crippen LogP contribution in [0.3, 0.4) is 0 Å². The maximum absolute atomic E-state index is 13.4. The van der Waals surface area contributed by atoms with Crippen LogP contribution in [0, 0.1) is 0 Å². The highest BCUT2D eigenvalue weighted by atomic mass is 35.5. The fourth-order valence-corrected chi connectivity index (χ4v) is 6.16. The first-order chi connectivity index (χ1) is 22.8. The third-order valence-corrected chi connectivity index (χ3v) is 8.79. The van der Waals surface area contributed by atoms with Crippen molar-refractivity contribution in [1.82, 2.24) is 10.3 Å². The standard InChI is InChI=1S/C35H28Cl2N4O4S2/c1-2-45-26-13-8-22(9-14-26)18-30(39-33(43)23-6-4-3-5-7-23)34(44)38-25-11-15-27(16-12-25)46-21-32(42)41-35-40-31(20-47-35)28-17-10-24(36)19-29(28)37/h3-20H,2,21H2,1H3,(H,38,44)(H,39,43)(H,40,41,42)/b30-18-. The second-order valence-electron chi connectivity index (χ2n) is 9.86. The molecule has 4 aromatic carbocycles. The van der Waals surface area contributed by atoms with Gasteiger partial charge in [0.2, 0.25) is 5.91 Å². The number of rotatable bonds is 12. The van der Waals surface area contributed by atoms with Gasteiger partial charge in [-0.15, -0.1) is 23.1 Å². The lowest BCUT2D eigenvalue weighted by Gasteiger charge is -2.12. The summed E-state index contributed by atoms with van der Waals surface area (Å²) in [6.45, 7) is 2.44. The van der Waals surface area contributed by atoms with Crippen LogP contribution < -0.4 is 20.7 Å². The van der Waals surface area contributed by atoms with Crippen molar-refractivity contribution in [3.63, 3.8) is 0 Å². The minimum absolute atomic E-state index is 0.0711. The Morgan fingerprint density at radius 3 is 2.36 bits per heavy atom. The summed E-state index contributed by atoms with van der Waals surface area (Å²) in [6.07, 6.45) is 1.60. The molecule has 0 aliphatic carbocycles. The van der Waals surface area contributed by atoms with Gasteiger partial charge >= 0.3 is 0 Å². The number of carbonyl (C=O) groups is 3. The molecule has 3 amide bonds. The first kappa shape index (κ1) is 33.7. The smallest absolute Gasteiger partial charge is 0.272 e. The molecule has 0 atom stereocenters. The number of nitrogens with one attached hydrogen (secondary N) is 3. The summed E-state index contributed by atoms with van der Waals surface area (Å²) < 4.78 is 5.50. The summed E-state index contributed by atoms with van der Waals surface area (Å²) in [6, 6.07) is 28.1. The number of hydrogen-bond donors (Lipinski definition) is 3. The fourth-order valence-electron chi connectivity index (χ4n) is 4.23. The van der Waals surface area contributed by atoms with Crippen molar-refractivity contribution in [2.45, 2.75) is 11.8 Å². The first-order valence-electron chi connectivity index (χ1n) is 14.3. The fraction of sp³-hybridized carbons (Fsp3) is 0.0857. The quantitative estimate of drug-likeness (QED) is 0.0887. The van der Waals surface area contributed by atoms with E-state index in [-0.39, 0.29) is 17.4 Å². The minimum Gasteiger partial charge on any atom is -0.494 e. The highest BCUT2D eigenvalue weighted by molar-refractivity contribution is 8.00. The third kappa shape index (κ3) is 9.69. The first-order valence-corrected chi connectivity index (χ1v) is 17.0. The third-order valence-electron chi connectivity index (χ3n) is 6.47. The lowest BCUT2D eigenvalue weighted by Crippen LogP contribution is -2.30. The molecule has 0 spiro atoms. The Labute approximate surface area is 290 Å². The summed E-state index contributed by atoms with van der Waals surface area (Å²) >= 11 is 14.9. The molecule has 3 N–H and O–H groups in total. The minimum atomic E-state index is -0.495. The largest absolute Gasteiger partial charge is 0.494 e. The Bertz CT molecular complexity index is 1900. The van der Waals surface area contributed by atoms with Crippen LogP contribution in [-0.4, -0.2) is 35.1 Å². The van der Waals surface area contributed by atoms with Crippen molar-refractivity contribution in [2.24, 2.45) is 0 Å². The summed E-state index contributed by atoms with van der Waals surface area (Å²) in [5, 5.41) is 11.7. The molecule has 0 aliphatic rings. The van der Waals surface area contributed by atoms with Crippen LogP contribution in [0.5, 0.6) is 5.75 Å². The number of halogens is 2. The zero-order valence-corrected chi connectivity index (χ0v) is 28.1. The van der Waals surface area contributed by atoms with E-state index in [1.54, 1.807) is 97.1 Å². The van der Waals surface area contributed by atoms with Crippen LogP contribution in [-0.2, 0) is 9.59 Å². The zero-order valence-electron chi connectivity index (χ0n) is 25.0. The van der Waals surface area contributed by atoms with Gasteiger partial charge in [0.25, 0.3) is 11.8 Å². The molecule has 238 valence electrons. The lowest BCUT2D eigenvalue weighted by atomic mass is 10.1. The molecule has 0 aliphatic heterocycles. The Hall–Kier alpha value is -4.61. The van der Waals surface area contributed by atoms with E-state index in [1.807, 2.05) is 18.4 Å². The van der Waals surface area contributed by atoms with Crippen LogP contribution >= 0.6 is 46.3 Å². The van der Waals surface area contributed by atoms with Gasteiger partial charge in [0.1, 0.15) is 11.4 Å². The summed E-state index contributed by atoms with van der Waals surface area (Å²) in [4.78, 5) is 44.2. The SMILES string of the molecule is CCOc1ccc(/C=C(\NC(=O)c2ccccc2)C(=O)Nc2ccc(SCC(=O)Nc3nc(-c4ccc(Cl)cc4Cl)cs3)cc2)cc1. The van der Waals surface area contributed by atoms with Gasteiger partial charge in [-0.1, -0.05) is 53.5 Å². The molecule has 5 rings (SSSR count). The average molecular weight is 704 g/mol. The predicted molar refractivity (Wildman–Crippen MR) is 191 cm³/mol. The zero-order chi connectivity index (χ0) is 33.2. The van der Waals surface area contributed by atoms with Crippen molar-refractivity contribution >= 4 is 80.9 Å². The number of carbonyl (C=O) groups excluding carboxylic acids is 3. The van der Waals surface area contributed by atoms with Crippen LogP contribution in [0.25, 0.3) is 17.3 Å². The Balaban J connectivity index is 1.19. The molecule has 0 saturated carbocycles. The van der Waals surface area contributed by atoms with E-state index < -0.39 is 11.8 Å². The predicted octanol–water partition coefficient (Wildman–Crippen LogP) is 8.66. The van der Waals surface area contributed by atoms with Crippen LogP contribution in [0.1, 0.15) is 22.8 Å². The van der Waals surface area contributed by atoms with E-state index in [2.05, 4.69) is 20.9 Å². The molecule has 0 fully saturated rings. The molecule has 0 unspecified atom stereocenters. The molecule has 47 heavy (non-hydrogen) atoms. The average Bonchev–Trinajstić information content (AvgIpc) is 3.53. The van der Waals surface area contributed by atoms with Gasteiger partial charge in [-0.25, -0.2) is 4.98 Å². The lowest BCUT2D eigenvalue weighted by molar-refractivity contribution is -0.114. The molecular formula is C35H28Cl2N4O4S2. The molecule has 8 nitrogen and oxygen atoms in total. The number of thiazole rings is 1. The molecule has 0 radical (unpaired) electrons. The van der Waals surface area contributed by atoms with Gasteiger partial charge in [-0.3, -0.25) is 14.4 Å². The summed E-state index contributed by atoms with van der Waals surface area (Å²) in [7, 11) is 0. The number of anilines is 2. The van der Waals surface area contributed by atoms with E-state index >= 15 is 0 Å². The molecule has 0 saturated heterocycles. The molecule has 1 heterocycles. The summed E-state index contributed by atoms with van der Waals surface area (Å²) in [5.41, 5.74) is 3.10. The molecular weight excluding hydrogens is 675 g/mol. The summed E-state index contributed by atoms with van der Waals surface area (Å²) in [5.74, 6) is -0.260. The maximum Gasteiger partial charge on any atom is 0.272 e. The van der Waals surface area contributed by atoms with E-state index in [0.29, 0.717) is 50.0 Å². The van der Waals surface area contributed by atoms with Crippen LogP contribution in [0.15, 0.2) is 113 Å². The topological polar surface area (TPSA) is 109 Å². The molecule has 1 aromatic heterocycles. The Morgan fingerprint density at radius 2 is 1.66 bits per heavy atom. The molecule has 12 heteroatoms. The number of amides is 3. The Morgan fingerprint density at radius 1 is 0.915 bits per heavy atom. The number of thioether (sulfide) groups is 1. The highest BCUT2D eigenvalue weighted by Crippen LogP contribution is 2.32. The number of ether oxygens (including phenoxy) is 1. The Kier molecular flexibility index (Phi) is 11.7. The van der Waals surface area contributed by atoms with E-state index in [1.165, 1.54) is 23.1 Å². The van der Waals surface area contributed by atoms with Gasteiger partial charge in [-0.05, 0) is 85.3 Å². The van der Waals surface area contributed by atoms with E-state index in [9.17, 15) is 14.4 Å². The van der Waals surface area contributed by atoms with E-state index in [0.717, 1.165) is 10.5 Å². The van der Waals surface area contributed by atoms with Crippen molar-refractivity contribution < 1.29 is 19.1 Å². The van der Waals surface area contributed by atoms with Crippen LogP contribution in [0.4, 0.5) is 10.8 Å². The number of aromatic nitrogens is 1. The van der Waals surface area contributed by atoms with Gasteiger partial charge < -0.3 is 20.7 Å². The number of benzene rings is 4. The van der Waals surface area contributed by atoms with Gasteiger partial charge in [0.05, 0.1) is 23.1 Å². The van der Waals surface area contributed by atoms with E-state index in [4.69, 9.17) is 27.9 Å². The van der Waals surface area contributed by atoms with Crippen molar-refractivity contribution in [2.75, 3.05) is 23.0 Å². The maximum atomic E-state index is 13.4. The number of hydrogen-bond acceptors (Lipinski definition) is 7. The molecule has 0 bridgehead atoms. The van der Waals surface area contributed by atoms with Crippen LogP contribution in [0.2, 0.25) is 10.0 Å². The highest BCUT2D eigenvalue weighted by Gasteiger charge is 2.16. The van der Waals surface area contributed by atoms with Gasteiger partial charge in [0.15, 0.2) is 5.13 Å².